The second-order valence-corrected chi connectivity index (χ2v) is 6.17. The Bertz CT molecular complexity index is 610. The summed E-state index contributed by atoms with van der Waals surface area (Å²) in [4.78, 5) is 16.3. The van der Waals surface area contributed by atoms with Gasteiger partial charge in [0.25, 0.3) is 0 Å². The van der Waals surface area contributed by atoms with Gasteiger partial charge in [0.2, 0.25) is 5.91 Å². The molecule has 2 rings (SSSR count). The van der Waals surface area contributed by atoms with Crippen molar-refractivity contribution in [3.8, 4) is 11.3 Å². The molecule has 0 bridgehead atoms. The monoisotopic (exact) mass is 339 g/mol. The lowest BCUT2D eigenvalue weighted by Crippen LogP contribution is -2.35. The Morgan fingerprint density at radius 2 is 1.82 bits per heavy atom. The molecule has 1 heterocycles. The maximum absolute atomic E-state index is 11.8. The van der Waals surface area contributed by atoms with Crippen molar-refractivity contribution in [3.05, 3.63) is 35.2 Å². The quantitative estimate of drug-likeness (QED) is 0.868. The number of hydrogen-bond donors (Lipinski definition) is 2. The summed E-state index contributed by atoms with van der Waals surface area (Å²) in [5, 5.41) is 8.32. The third-order valence-corrected chi connectivity index (χ3v) is 4.19. The van der Waals surface area contributed by atoms with Crippen LogP contribution in [0.4, 0.5) is 5.13 Å². The Morgan fingerprint density at radius 1 is 1.18 bits per heavy atom. The molecule has 0 radical (unpaired) electrons. The molecule has 1 atom stereocenters. The van der Waals surface area contributed by atoms with E-state index in [1.165, 1.54) is 16.9 Å². The third-order valence-electron chi connectivity index (χ3n) is 3.43. The van der Waals surface area contributed by atoms with Crippen molar-refractivity contribution < 1.29 is 4.79 Å². The van der Waals surface area contributed by atoms with E-state index < -0.39 is 0 Å². The van der Waals surface area contributed by atoms with Gasteiger partial charge in [0.1, 0.15) is 0 Å². The molecule has 0 spiro atoms. The lowest BCUT2D eigenvalue weighted by atomic mass is 10.0. The van der Waals surface area contributed by atoms with Gasteiger partial charge < -0.3 is 10.6 Å². The van der Waals surface area contributed by atoms with Crippen molar-refractivity contribution >= 4 is 34.8 Å². The maximum Gasteiger partial charge on any atom is 0.242 e. The van der Waals surface area contributed by atoms with Gasteiger partial charge in [0.05, 0.1) is 11.7 Å². The average Bonchev–Trinajstić information content (AvgIpc) is 2.94. The number of nitrogens with one attached hydrogen (secondary N) is 2. The van der Waals surface area contributed by atoms with Crippen LogP contribution in [0, 0.1) is 0 Å². The summed E-state index contributed by atoms with van der Waals surface area (Å²) in [7, 11) is 1.76. The SMILES string of the molecule is CN[C@@H](C)C(=O)Nc1nc(-c2ccc(C(C)C)cc2)cs1.Cl. The lowest BCUT2D eigenvalue weighted by molar-refractivity contribution is -0.117. The van der Waals surface area contributed by atoms with Crippen LogP contribution in [-0.4, -0.2) is 24.0 Å². The van der Waals surface area contributed by atoms with Gasteiger partial charge in [-0.15, -0.1) is 23.7 Å². The molecule has 0 aliphatic carbocycles. The lowest BCUT2D eigenvalue weighted by Gasteiger charge is -2.08. The van der Waals surface area contributed by atoms with E-state index in [1.807, 2.05) is 12.3 Å². The zero-order chi connectivity index (χ0) is 15.4. The minimum Gasteiger partial charge on any atom is -0.309 e. The van der Waals surface area contributed by atoms with Crippen molar-refractivity contribution in [2.75, 3.05) is 12.4 Å². The van der Waals surface area contributed by atoms with Crippen LogP contribution < -0.4 is 10.6 Å². The summed E-state index contributed by atoms with van der Waals surface area (Å²) in [5.41, 5.74) is 3.27. The number of nitrogens with zero attached hydrogens (tertiary/aromatic N) is 1. The minimum atomic E-state index is -0.234. The molecule has 120 valence electrons. The molecule has 4 nitrogen and oxygen atoms in total. The van der Waals surface area contributed by atoms with Crippen molar-refractivity contribution in [2.24, 2.45) is 0 Å². The average molecular weight is 340 g/mol. The Hall–Kier alpha value is -1.43. The summed E-state index contributed by atoms with van der Waals surface area (Å²) in [6, 6.07) is 8.17. The van der Waals surface area contributed by atoms with E-state index >= 15 is 0 Å². The van der Waals surface area contributed by atoms with Crippen molar-refractivity contribution in [1.29, 1.82) is 0 Å². The van der Waals surface area contributed by atoms with Gasteiger partial charge in [-0.2, -0.15) is 0 Å². The van der Waals surface area contributed by atoms with E-state index in [4.69, 9.17) is 0 Å². The number of rotatable bonds is 5. The molecule has 0 unspecified atom stereocenters. The molecule has 1 amide bonds. The fraction of sp³-hybridized carbons (Fsp3) is 0.375. The number of benzene rings is 1. The van der Waals surface area contributed by atoms with Crippen LogP contribution in [0.5, 0.6) is 0 Å². The van der Waals surface area contributed by atoms with Crippen molar-refractivity contribution in [1.82, 2.24) is 10.3 Å². The highest BCUT2D eigenvalue weighted by molar-refractivity contribution is 7.14. The number of aromatic nitrogens is 1. The summed E-state index contributed by atoms with van der Waals surface area (Å²) < 4.78 is 0. The maximum atomic E-state index is 11.8. The van der Waals surface area contributed by atoms with E-state index in [0.29, 0.717) is 11.0 Å². The number of likely N-dealkylation sites (N-methyl/N-ethyl adjacent to an activating group) is 1. The molecule has 0 saturated heterocycles. The predicted octanol–water partition coefficient (Wildman–Crippen LogP) is 3.90. The van der Waals surface area contributed by atoms with E-state index in [2.05, 4.69) is 53.7 Å². The molecular formula is C16H22ClN3OS. The first-order chi connectivity index (χ1) is 10.0. The molecule has 2 aromatic rings. The molecule has 6 heteroatoms. The molecule has 2 N–H and O–H groups in total. The summed E-state index contributed by atoms with van der Waals surface area (Å²) in [6.07, 6.45) is 0. The van der Waals surface area contributed by atoms with Crippen molar-refractivity contribution in [3.63, 3.8) is 0 Å². The third kappa shape index (κ3) is 4.53. The highest BCUT2D eigenvalue weighted by atomic mass is 35.5. The standard InChI is InChI=1S/C16H21N3OS.ClH/c1-10(2)12-5-7-13(8-6-12)14-9-21-16(18-14)19-15(20)11(3)17-4;/h5-11,17H,1-4H3,(H,18,19,20);1H/t11-;/m0./s1. The van der Waals surface area contributed by atoms with E-state index in [0.717, 1.165) is 11.3 Å². The highest BCUT2D eigenvalue weighted by Crippen LogP contribution is 2.26. The second kappa shape index (κ2) is 8.27. The number of carbonyl (C=O) groups is 1. The number of carbonyl (C=O) groups excluding carboxylic acids is 1. The van der Waals surface area contributed by atoms with Gasteiger partial charge >= 0.3 is 0 Å². The first kappa shape index (κ1) is 18.6. The summed E-state index contributed by atoms with van der Waals surface area (Å²) >= 11 is 1.44. The second-order valence-electron chi connectivity index (χ2n) is 5.31. The van der Waals surface area contributed by atoms with Gasteiger partial charge in [-0.25, -0.2) is 4.98 Å². The topological polar surface area (TPSA) is 54.0 Å². The van der Waals surface area contributed by atoms with Crippen LogP contribution in [0.2, 0.25) is 0 Å². The largest absolute Gasteiger partial charge is 0.309 e. The number of amides is 1. The van der Waals surface area contributed by atoms with Gasteiger partial charge in [-0.1, -0.05) is 38.1 Å². The van der Waals surface area contributed by atoms with Crippen LogP contribution in [0.25, 0.3) is 11.3 Å². The Balaban J connectivity index is 0.00000242. The van der Waals surface area contributed by atoms with Crippen LogP contribution in [0.3, 0.4) is 0 Å². The summed E-state index contributed by atoms with van der Waals surface area (Å²) in [5.74, 6) is 0.445. The van der Waals surface area contributed by atoms with Crippen LogP contribution in [0.15, 0.2) is 29.6 Å². The Morgan fingerprint density at radius 3 is 2.36 bits per heavy atom. The highest BCUT2D eigenvalue weighted by Gasteiger charge is 2.13. The Labute approximate surface area is 141 Å². The van der Waals surface area contributed by atoms with Crippen molar-refractivity contribution in [2.45, 2.75) is 32.7 Å². The number of thiazole rings is 1. The molecule has 0 aliphatic heterocycles. The molecule has 22 heavy (non-hydrogen) atoms. The van der Waals surface area contributed by atoms with Gasteiger partial charge in [-0.05, 0) is 25.5 Å². The van der Waals surface area contributed by atoms with Gasteiger partial charge in [0.15, 0.2) is 5.13 Å². The number of anilines is 1. The zero-order valence-electron chi connectivity index (χ0n) is 13.2. The van der Waals surface area contributed by atoms with E-state index in [9.17, 15) is 4.79 Å². The molecule has 1 aromatic heterocycles. The first-order valence-electron chi connectivity index (χ1n) is 7.05. The minimum absolute atomic E-state index is 0. The molecule has 0 fully saturated rings. The normalized spacial score (nSPS) is 11.9. The van der Waals surface area contributed by atoms with Gasteiger partial charge in [0, 0.05) is 10.9 Å². The smallest absolute Gasteiger partial charge is 0.242 e. The fourth-order valence-electron chi connectivity index (χ4n) is 1.85. The number of halogens is 1. The molecule has 1 aromatic carbocycles. The summed E-state index contributed by atoms with van der Waals surface area (Å²) in [6.45, 7) is 6.16. The van der Waals surface area contributed by atoms with Crippen LogP contribution in [-0.2, 0) is 4.79 Å². The number of hydrogen-bond acceptors (Lipinski definition) is 4. The predicted molar refractivity (Wildman–Crippen MR) is 96.0 cm³/mol. The fourth-order valence-corrected chi connectivity index (χ4v) is 2.57. The zero-order valence-corrected chi connectivity index (χ0v) is 14.8. The molecular weight excluding hydrogens is 318 g/mol. The van der Waals surface area contributed by atoms with E-state index in [-0.39, 0.29) is 24.4 Å². The van der Waals surface area contributed by atoms with Gasteiger partial charge in [-0.3, -0.25) is 4.79 Å². The first-order valence-corrected chi connectivity index (χ1v) is 7.93. The van der Waals surface area contributed by atoms with E-state index in [1.54, 1.807) is 7.05 Å². The Kier molecular flexibility index (Phi) is 7.00. The van der Waals surface area contributed by atoms with Crippen LogP contribution >= 0.6 is 23.7 Å². The van der Waals surface area contributed by atoms with Crippen LogP contribution in [0.1, 0.15) is 32.3 Å². The molecule has 0 saturated carbocycles. The molecule has 0 aliphatic rings.